The fourth-order valence-electron chi connectivity index (χ4n) is 2.47. The predicted octanol–water partition coefficient (Wildman–Crippen LogP) is 0.0777. The Morgan fingerprint density at radius 2 is 1.70 bits per heavy atom. The quantitative estimate of drug-likeness (QED) is 0.221. The molecular formula is C19H24N6O5. The first kappa shape index (κ1) is 22.5. The second-order valence-corrected chi connectivity index (χ2v) is 6.60. The molecule has 1 aliphatic heterocycles. The largest absolute Gasteiger partial charge is 0.386 e. The van der Waals surface area contributed by atoms with E-state index in [1.807, 2.05) is 0 Å². The molecule has 11 nitrogen and oxygen atoms in total. The van der Waals surface area contributed by atoms with Crippen LogP contribution in [-0.2, 0) is 30.6 Å². The zero-order valence-electron chi connectivity index (χ0n) is 16.6. The molecule has 0 atom stereocenters. The Morgan fingerprint density at radius 1 is 1.07 bits per heavy atom. The Bertz CT molecular complexity index is 858. The number of rotatable bonds is 9. The van der Waals surface area contributed by atoms with Gasteiger partial charge in [0, 0.05) is 37.8 Å². The van der Waals surface area contributed by atoms with Crippen molar-refractivity contribution in [1.29, 1.82) is 0 Å². The van der Waals surface area contributed by atoms with Crippen molar-refractivity contribution < 1.29 is 24.0 Å². The van der Waals surface area contributed by atoms with Gasteiger partial charge in [0.15, 0.2) is 5.84 Å². The standard InChI is InChI=1S/C19H24N6O5/c1-12(20)23-24-19(21)14-7-5-13(6-8-14)11-22-15(26)3-2-4-18(29)30-25-16(27)9-10-17(25)28/h5-8H,2-4,9-11H2,1H3,(H2,20,23)(H2,21,24)(H,22,26). The summed E-state index contributed by atoms with van der Waals surface area (Å²) in [6, 6.07) is 7.08. The molecule has 11 heteroatoms. The summed E-state index contributed by atoms with van der Waals surface area (Å²) in [4.78, 5) is 51.1. The molecule has 0 aromatic heterocycles. The van der Waals surface area contributed by atoms with Crippen molar-refractivity contribution in [3.63, 3.8) is 0 Å². The SMILES string of the molecule is C/C(N)=N/N=C(\N)c1ccc(CNC(=O)CCCC(=O)ON2C(=O)CCC2=O)cc1. The molecule has 30 heavy (non-hydrogen) atoms. The van der Waals surface area contributed by atoms with Crippen molar-refractivity contribution in [3.8, 4) is 0 Å². The first-order chi connectivity index (χ1) is 14.3. The number of benzene rings is 1. The third kappa shape index (κ3) is 7.00. The number of carbonyl (C=O) groups is 4. The molecule has 1 saturated heterocycles. The number of imide groups is 1. The van der Waals surface area contributed by atoms with Gasteiger partial charge in [-0.1, -0.05) is 24.3 Å². The molecule has 0 bridgehead atoms. The molecule has 0 spiro atoms. The van der Waals surface area contributed by atoms with Crippen molar-refractivity contribution in [2.45, 2.75) is 45.6 Å². The van der Waals surface area contributed by atoms with Gasteiger partial charge in [-0.2, -0.15) is 0 Å². The summed E-state index contributed by atoms with van der Waals surface area (Å²) >= 11 is 0. The molecule has 2 rings (SSSR count). The van der Waals surface area contributed by atoms with Crippen molar-refractivity contribution >= 4 is 35.4 Å². The van der Waals surface area contributed by atoms with Gasteiger partial charge in [-0.3, -0.25) is 14.4 Å². The number of hydrogen-bond donors (Lipinski definition) is 3. The van der Waals surface area contributed by atoms with Crippen LogP contribution >= 0.6 is 0 Å². The fraction of sp³-hybridized carbons (Fsp3) is 0.368. The minimum absolute atomic E-state index is 0.0379. The van der Waals surface area contributed by atoms with E-state index in [0.29, 0.717) is 23.0 Å². The number of hydrogen-bond acceptors (Lipinski definition) is 7. The Balaban J connectivity index is 1.70. The van der Waals surface area contributed by atoms with Gasteiger partial charge >= 0.3 is 5.97 Å². The van der Waals surface area contributed by atoms with E-state index in [1.165, 1.54) is 0 Å². The third-order valence-electron chi connectivity index (χ3n) is 4.04. The maximum absolute atomic E-state index is 11.9. The minimum Gasteiger partial charge on any atom is -0.386 e. The molecule has 3 amide bonds. The second kappa shape index (κ2) is 10.7. The van der Waals surface area contributed by atoms with E-state index < -0.39 is 17.8 Å². The summed E-state index contributed by atoms with van der Waals surface area (Å²) in [5, 5.41) is 10.7. The molecule has 1 aromatic carbocycles. The van der Waals surface area contributed by atoms with Gasteiger partial charge in [-0.25, -0.2) is 4.79 Å². The van der Waals surface area contributed by atoms with Crippen LogP contribution in [0.4, 0.5) is 0 Å². The molecule has 160 valence electrons. The molecule has 5 N–H and O–H groups in total. The molecule has 0 unspecified atom stereocenters. The van der Waals surface area contributed by atoms with Gasteiger partial charge in [0.1, 0.15) is 5.84 Å². The van der Waals surface area contributed by atoms with E-state index in [9.17, 15) is 19.2 Å². The van der Waals surface area contributed by atoms with Crippen molar-refractivity contribution in [2.75, 3.05) is 0 Å². The molecule has 1 aliphatic rings. The van der Waals surface area contributed by atoms with Crippen LogP contribution in [0, 0.1) is 0 Å². The first-order valence-electron chi connectivity index (χ1n) is 9.32. The van der Waals surface area contributed by atoms with Crippen LogP contribution in [0.15, 0.2) is 34.5 Å². The molecular weight excluding hydrogens is 392 g/mol. The highest BCUT2D eigenvalue weighted by atomic mass is 16.7. The van der Waals surface area contributed by atoms with E-state index in [4.69, 9.17) is 16.3 Å². The average Bonchev–Trinajstić information content (AvgIpc) is 3.02. The van der Waals surface area contributed by atoms with Gasteiger partial charge < -0.3 is 21.6 Å². The van der Waals surface area contributed by atoms with Crippen molar-refractivity contribution in [2.24, 2.45) is 21.7 Å². The lowest BCUT2D eigenvalue weighted by Gasteiger charge is -2.12. The number of carbonyl (C=O) groups excluding carboxylic acids is 4. The van der Waals surface area contributed by atoms with Crippen LogP contribution in [0.25, 0.3) is 0 Å². The van der Waals surface area contributed by atoms with Crippen LogP contribution in [-0.4, -0.2) is 40.4 Å². The maximum Gasteiger partial charge on any atom is 0.333 e. The highest BCUT2D eigenvalue weighted by Crippen LogP contribution is 2.13. The summed E-state index contributed by atoms with van der Waals surface area (Å²) in [6.07, 6.45) is 0.327. The number of hydroxylamine groups is 2. The fourth-order valence-corrected chi connectivity index (χ4v) is 2.47. The summed E-state index contributed by atoms with van der Waals surface area (Å²) in [6.45, 7) is 1.90. The average molecular weight is 416 g/mol. The van der Waals surface area contributed by atoms with E-state index in [-0.39, 0.29) is 43.8 Å². The Morgan fingerprint density at radius 3 is 2.30 bits per heavy atom. The Kier molecular flexibility index (Phi) is 8.03. The number of nitrogens with two attached hydrogens (primary N) is 2. The monoisotopic (exact) mass is 416 g/mol. The van der Waals surface area contributed by atoms with Crippen LogP contribution < -0.4 is 16.8 Å². The second-order valence-electron chi connectivity index (χ2n) is 6.60. The predicted molar refractivity (Wildman–Crippen MR) is 107 cm³/mol. The zero-order chi connectivity index (χ0) is 22.1. The summed E-state index contributed by atoms with van der Waals surface area (Å²) in [5.74, 6) is -1.52. The highest BCUT2D eigenvalue weighted by Gasteiger charge is 2.32. The van der Waals surface area contributed by atoms with E-state index >= 15 is 0 Å². The third-order valence-corrected chi connectivity index (χ3v) is 4.04. The normalized spacial score (nSPS) is 14.8. The number of amides is 3. The number of amidine groups is 2. The van der Waals surface area contributed by atoms with E-state index in [1.54, 1.807) is 31.2 Å². The molecule has 1 heterocycles. The van der Waals surface area contributed by atoms with Crippen molar-refractivity contribution in [3.05, 3.63) is 35.4 Å². The topological polar surface area (TPSA) is 170 Å². The van der Waals surface area contributed by atoms with Crippen molar-refractivity contribution in [1.82, 2.24) is 10.4 Å². The van der Waals surface area contributed by atoms with Crippen LogP contribution in [0.2, 0.25) is 0 Å². The smallest absolute Gasteiger partial charge is 0.333 e. The highest BCUT2D eigenvalue weighted by molar-refractivity contribution is 6.01. The van der Waals surface area contributed by atoms with E-state index in [2.05, 4.69) is 15.5 Å². The minimum atomic E-state index is -0.726. The lowest BCUT2D eigenvalue weighted by molar-refractivity contribution is -0.197. The molecule has 0 radical (unpaired) electrons. The van der Waals surface area contributed by atoms with Gasteiger partial charge in [0.25, 0.3) is 11.8 Å². The van der Waals surface area contributed by atoms with Gasteiger partial charge in [-0.05, 0) is 18.9 Å². The Hall–Kier alpha value is -3.76. The maximum atomic E-state index is 11.9. The number of nitrogens with one attached hydrogen (secondary N) is 1. The van der Waals surface area contributed by atoms with Gasteiger partial charge in [-0.15, -0.1) is 15.3 Å². The molecule has 0 saturated carbocycles. The summed E-state index contributed by atoms with van der Waals surface area (Å²) in [5.41, 5.74) is 12.7. The zero-order valence-corrected chi connectivity index (χ0v) is 16.6. The molecule has 1 aromatic rings. The lowest BCUT2D eigenvalue weighted by atomic mass is 10.1. The van der Waals surface area contributed by atoms with Gasteiger partial charge in [0.2, 0.25) is 5.91 Å². The van der Waals surface area contributed by atoms with Crippen LogP contribution in [0.3, 0.4) is 0 Å². The summed E-state index contributed by atoms with van der Waals surface area (Å²) in [7, 11) is 0. The van der Waals surface area contributed by atoms with Crippen LogP contribution in [0.5, 0.6) is 0 Å². The lowest BCUT2D eigenvalue weighted by Crippen LogP contribution is -2.32. The molecule has 0 aliphatic carbocycles. The van der Waals surface area contributed by atoms with Crippen LogP contribution in [0.1, 0.15) is 50.2 Å². The van der Waals surface area contributed by atoms with E-state index in [0.717, 1.165) is 5.56 Å². The van der Waals surface area contributed by atoms with Gasteiger partial charge in [0.05, 0.1) is 0 Å². The summed E-state index contributed by atoms with van der Waals surface area (Å²) < 4.78 is 0. The number of nitrogens with zero attached hydrogens (tertiary/aromatic N) is 3. The first-order valence-corrected chi connectivity index (χ1v) is 9.32. The molecule has 1 fully saturated rings. The Labute approximate surface area is 173 Å².